The Morgan fingerprint density at radius 3 is 2.18 bits per heavy atom. The van der Waals surface area contributed by atoms with Gasteiger partial charge in [0.05, 0.1) is 11.3 Å². The Kier molecular flexibility index (Phi) is 4.70. The maximum absolute atomic E-state index is 11.3. The summed E-state index contributed by atoms with van der Waals surface area (Å²) in [7, 11) is 0. The molecule has 0 saturated carbocycles. The molecule has 0 aliphatic carbocycles. The lowest BCUT2D eigenvalue weighted by molar-refractivity contribution is 0.0698. The predicted octanol–water partition coefficient (Wildman–Crippen LogP) is 5.27. The van der Waals surface area contributed by atoms with Crippen molar-refractivity contribution in [3.63, 3.8) is 0 Å². The number of rotatable bonds is 4. The summed E-state index contributed by atoms with van der Waals surface area (Å²) in [6.07, 6.45) is 1.71. The van der Waals surface area contributed by atoms with Crippen LogP contribution >= 0.6 is 0 Å². The van der Waals surface area contributed by atoms with Crippen LogP contribution in [-0.2, 0) is 13.1 Å². The van der Waals surface area contributed by atoms with E-state index in [0.29, 0.717) is 5.69 Å². The number of carboxylic acids is 1. The summed E-state index contributed by atoms with van der Waals surface area (Å²) >= 11 is 0. The molecule has 140 valence electrons. The summed E-state index contributed by atoms with van der Waals surface area (Å²) < 4.78 is 0. The van der Waals surface area contributed by atoms with Crippen molar-refractivity contribution in [3.8, 4) is 0 Å². The van der Waals surface area contributed by atoms with E-state index >= 15 is 0 Å². The van der Waals surface area contributed by atoms with Gasteiger partial charge in [0.25, 0.3) is 0 Å². The zero-order chi connectivity index (χ0) is 19.7. The molecule has 0 amide bonds. The highest BCUT2D eigenvalue weighted by molar-refractivity contribution is 5.95. The van der Waals surface area contributed by atoms with Crippen molar-refractivity contribution >= 4 is 23.6 Å². The minimum absolute atomic E-state index is 0.204. The van der Waals surface area contributed by atoms with Crippen LogP contribution in [0.5, 0.6) is 0 Å². The van der Waals surface area contributed by atoms with E-state index in [2.05, 4.69) is 48.0 Å². The summed E-state index contributed by atoms with van der Waals surface area (Å²) in [5, 5.41) is 9.25. The number of para-hydroxylation sites is 1. The third kappa shape index (κ3) is 3.54. The van der Waals surface area contributed by atoms with Crippen molar-refractivity contribution < 1.29 is 9.90 Å². The highest BCUT2D eigenvalue weighted by Crippen LogP contribution is 2.30. The molecule has 1 N–H and O–H groups in total. The lowest BCUT2D eigenvalue weighted by atomic mass is 10.0. The van der Waals surface area contributed by atoms with E-state index in [-0.39, 0.29) is 5.56 Å². The Bertz CT molecular complexity index is 1040. The van der Waals surface area contributed by atoms with Crippen LogP contribution in [0.1, 0.15) is 38.2 Å². The molecule has 1 heterocycles. The number of nitrogens with zero attached hydrogens (tertiary/aromatic N) is 2. The van der Waals surface area contributed by atoms with Crippen LogP contribution < -0.4 is 4.90 Å². The number of benzene rings is 3. The molecule has 0 bridgehead atoms. The molecule has 0 aromatic heterocycles. The van der Waals surface area contributed by atoms with Gasteiger partial charge in [-0.15, -0.1) is 0 Å². The van der Waals surface area contributed by atoms with Gasteiger partial charge in [-0.1, -0.05) is 36.4 Å². The van der Waals surface area contributed by atoms with E-state index in [4.69, 9.17) is 0 Å². The minimum atomic E-state index is -0.970. The second kappa shape index (κ2) is 7.31. The summed E-state index contributed by atoms with van der Waals surface area (Å²) in [4.78, 5) is 18.0. The third-order valence-electron chi connectivity index (χ3n) is 5.28. The standard InChI is InChI=1S/C24H22N2O2/c1-16-11-19-14-26(15-20(19)12-17(16)2)21-9-7-18(8-10-21)13-25-23-6-4-3-5-22(23)24(27)28/h3-13H,14-15H2,1-2H3,(H,27,28). The van der Waals surface area contributed by atoms with Gasteiger partial charge in [-0.25, -0.2) is 4.79 Å². The second-order valence-corrected chi connectivity index (χ2v) is 7.23. The Morgan fingerprint density at radius 1 is 0.964 bits per heavy atom. The Morgan fingerprint density at radius 2 is 1.57 bits per heavy atom. The average molecular weight is 370 g/mol. The first-order valence-corrected chi connectivity index (χ1v) is 9.31. The van der Waals surface area contributed by atoms with Gasteiger partial charge in [-0.2, -0.15) is 0 Å². The molecule has 3 aromatic carbocycles. The van der Waals surface area contributed by atoms with Crippen molar-refractivity contribution in [2.45, 2.75) is 26.9 Å². The highest BCUT2D eigenvalue weighted by Gasteiger charge is 2.19. The van der Waals surface area contributed by atoms with E-state index in [1.54, 1.807) is 30.5 Å². The van der Waals surface area contributed by atoms with Crippen molar-refractivity contribution in [1.29, 1.82) is 0 Å². The fourth-order valence-corrected chi connectivity index (χ4v) is 3.56. The van der Waals surface area contributed by atoms with Gasteiger partial charge in [0, 0.05) is 25.0 Å². The molecule has 28 heavy (non-hydrogen) atoms. The third-order valence-corrected chi connectivity index (χ3v) is 5.28. The normalized spacial score (nSPS) is 13.1. The molecule has 4 heteroatoms. The van der Waals surface area contributed by atoms with Crippen molar-refractivity contribution in [3.05, 3.63) is 94.0 Å². The van der Waals surface area contributed by atoms with Crippen molar-refractivity contribution in [2.75, 3.05) is 4.90 Å². The molecule has 0 radical (unpaired) electrons. The van der Waals surface area contributed by atoms with E-state index in [1.165, 1.54) is 27.9 Å². The first kappa shape index (κ1) is 18.0. The van der Waals surface area contributed by atoms with Crippen LogP contribution in [0.3, 0.4) is 0 Å². The highest BCUT2D eigenvalue weighted by atomic mass is 16.4. The van der Waals surface area contributed by atoms with Crippen LogP contribution in [0.4, 0.5) is 11.4 Å². The molecule has 4 rings (SSSR count). The number of aryl methyl sites for hydroxylation is 2. The summed E-state index contributed by atoms with van der Waals surface area (Å²) in [6.45, 7) is 6.18. The summed E-state index contributed by atoms with van der Waals surface area (Å²) in [6, 6.07) is 19.6. The van der Waals surface area contributed by atoms with Crippen LogP contribution in [0.25, 0.3) is 0 Å². The molecule has 0 atom stereocenters. The molecule has 0 saturated heterocycles. The van der Waals surface area contributed by atoms with Crippen LogP contribution in [0.2, 0.25) is 0 Å². The van der Waals surface area contributed by atoms with Gasteiger partial charge < -0.3 is 10.0 Å². The number of aromatic carboxylic acids is 1. The molecule has 1 aliphatic rings. The zero-order valence-corrected chi connectivity index (χ0v) is 16.0. The molecule has 3 aromatic rings. The first-order chi connectivity index (χ1) is 13.5. The molecule has 0 fully saturated rings. The van der Waals surface area contributed by atoms with E-state index in [0.717, 1.165) is 18.7 Å². The summed E-state index contributed by atoms with van der Waals surface area (Å²) in [5.74, 6) is -0.970. The number of hydrogen-bond acceptors (Lipinski definition) is 3. The zero-order valence-electron chi connectivity index (χ0n) is 16.0. The number of hydrogen-bond donors (Lipinski definition) is 1. The van der Waals surface area contributed by atoms with Crippen molar-refractivity contribution in [1.82, 2.24) is 0 Å². The fraction of sp³-hybridized carbons (Fsp3) is 0.167. The monoisotopic (exact) mass is 370 g/mol. The van der Waals surface area contributed by atoms with E-state index in [1.807, 2.05) is 12.1 Å². The van der Waals surface area contributed by atoms with Gasteiger partial charge in [-0.3, -0.25) is 4.99 Å². The van der Waals surface area contributed by atoms with Gasteiger partial charge in [-0.05, 0) is 65.9 Å². The molecule has 0 spiro atoms. The number of anilines is 1. The van der Waals surface area contributed by atoms with Crippen LogP contribution in [0, 0.1) is 13.8 Å². The van der Waals surface area contributed by atoms with Crippen molar-refractivity contribution in [2.24, 2.45) is 4.99 Å². The molecule has 1 aliphatic heterocycles. The number of fused-ring (bicyclic) bond motifs is 1. The van der Waals surface area contributed by atoms with Gasteiger partial charge in [0.2, 0.25) is 0 Å². The SMILES string of the molecule is Cc1cc2c(cc1C)CN(c1ccc(C=Nc3ccccc3C(=O)O)cc1)C2. The Balaban J connectivity index is 1.50. The predicted molar refractivity (Wildman–Crippen MR) is 113 cm³/mol. The Labute approximate surface area is 164 Å². The fourth-order valence-electron chi connectivity index (χ4n) is 3.56. The smallest absolute Gasteiger partial charge is 0.337 e. The topological polar surface area (TPSA) is 52.9 Å². The Hall–Kier alpha value is -3.40. The maximum atomic E-state index is 11.3. The maximum Gasteiger partial charge on any atom is 0.337 e. The second-order valence-electron chi connectivity index (χ2n) is 7.23. The summed E-state index contributed by atoms with van der Waals surface area (Å²) in [5.41, 5.74) is 8.26. The molecular weight excluding hydrogens is 348 g/mol. The average Bonchev–Trinajstić information content (AvgIpc) is 3.10. The van der Waals surface area contributed by atoms with Gasteiger partial charge in [0.1, 0.15) is 0 Å². The van der Waals surface area contributed by atoms with Gasteiger partial charge in [0.15, 0.2) is 0 Å². The number of carboxylic acid groups (broad SMARTS) is 1. The largest absolute Gasteiger partial charge is 0.478 e. The van der Waals surface area contributed by atoms with Crippen LogP contribution in [0.15, 0.2) is 65.7 Å². The quantitative estimate of drug-likeness (QED) is 0.636. The molecule has 0 unspecified atom stereocenters. The van der Waals surface area contributed by atoms with Gasteiger partial charge >= 0.3 is 5.97 Å². The lowest BCUT2D eigenvalue weighted by Gasteiger charge is -2.17. The van der Waals surface area contributed by atoms with Crippen LogP contribution in [-0.4, -0.2) is 17.3 Å². The molecule has 4 nitrogen and oxygen atoms in total. The lowest BCUT2D eigenvalue weighted by Crippen LogP contribution is -2.14. The van der Waals surface area contributed by atoms with E-state index in [9.17, 15) is 9.90 Å². The van der Waals surface area contributed by atoms with E-state index < -0.39 is 5.97 Å². The molecular formula is C24H22N2O2. The number of carbonyl (C=O) groups is 1. The first-order valence-electron chi connectivity index (χ1n) is 9.31. The minimum Gasteiger partial charge on any atom is -0.478 e. The number of aliphatic imine (C=N–C) groups is 1.